The lowest BCUT2D eigenvalue weighted by atomic mass is 10.0. The normalized spacial score (nSPS) is 22.8. The molecule has 1 atom stereocenters. The minimum absolute atomic E-state index is 0.267. The van der Waals surface area contributed by atoms with Crippen molar-refractivity contribution in [3.8, 4) is 0 Å². The molecule has 0 bridgehead atoms. The van der Waals surface area contributed by atoms with E-state index < -0.39 is 0 Å². The second kappa shape index (κ2) is 8.13. The van der Waals surface area contributed by atoms with E-state index in [1.807, 2.05) is 19.0 Å². The molecule has 0 N–H and O–H groups in total. The number of hydrogen-bond acceptors (Lipinski definition) is 5. The second-order valence-corrected chi connectivity index (χ2v) is 7.86. The van der Waals surface area contributed by atoms with Gasteiger partial charge in [-0.1, -0.05) is 12.8 Å². The Labute approximate surface area is 151 Å². The van der Waals surface area contributed by atoms with Crippen molar-refractivity contribution in [2.75, 3.05) is 52.2 Å². The summed E-state index contributed by atoms with van der Waals surface area (Å²) in [5, 5.41) is 0. The average molecular weight is 345 g/mol. The van der Waals surface area contributed by atoms with Gasteiger partial charge in [-0.15, -0.1) is 0 Å². The third kappa shape index (κ3) is 4.69. The van der Waals surface area contributed by atoms with E-state index in [1.54, 1.807) is 6.33 Å². The number of likely N-dealkylation sites (N-methyl/N-ethyl adjacent to an activating group) is 1. The molecule has 2 fully saturated rings. The van der Waals surface area contributed by atoms with Crippen LogP contribution in [0.25, 0.3) is 0 Å². The van der Waals surface area contributed by atoms with E-state index in [1.165, 1.54) is 12.8 Å². The minimum Gasteiger partial charge on any atom is -0.363 e. The van der Waals surface area contributed by atoms with E-state index in [9.17, 15) is 4.79 Å². The standard InChI is InChI=1S/C19H31N5O/c1-22(2)18-11-17(20-14-21-18)10-15-12-23(3)8-9-24(13-15)19(25)16-6-4-5-7-16/h11,14-16H,4-10,12-13H2,1-3H3/t15-/m1/s1. The largest absolute Gasteiger partial charge is 0.363 e. The van der Waals surface area contributed by atoms with Crippen LogP contribution in [-0.2, 0) is 11.2 Å². The first-order valence-electron chi connectivity index (χ1n) is 9.48. The lowest BCUT2D eigenvalue weighted by molar-refractivity contribution is -0.135. The van der Waals surface area contributed by atoms with Crippen molar-refractivity contribution >= 4 is 11.7 Å². The van der Waals surface area contributed by atoms with Crippen molar-refractivity contribution in [3.63, 3.8) is 0 Å². The first-order valence-corrected chi connectivity index (χ1v) is 9.48. The zero-order chi connectivity index (χ0) is 17.8. The van der Waals surface area contributed by atoms with E-state index in [-0.39, 0.29) is 5.92 Å². The molecule has 1 aliphatic carbocycles. The van der Waals surface area contributed by atoms with Crippen LogP contribution in [0.15, 0.2) is 12.4 Å². The number of rotatable bonds is 4. The van der Waals surface area contributed by atoms with Crippen molar-refractivity contribution in [2.45, 2.75) is 32.1 Å². The van der Waals surface area contributed by atoms with Crippen molar-refractivity contribution in [1.29, 1.82) is 0 Å². The fourth-order valence-corrected chi connectivity index (χ4v) is 4.08. The molecular formula is C19H31N5O. The van der Waals surface area contributed by atoms with Gasteiger partial charge in [-0.25, -0.2) is 9.97 Å². The highest BCUT2D eigenvalue weighted by Gasteiger charge is 2.30. The molecule has 2 heterocycles. The third-order valence-electron chi connectivity index (χ3n) is 5.48. The summed E-state index contributed by atoms with van der Waals surface area (Å²) in [6.07, 6.45) is 7.11. The Morgan fingerprint density at radius 1 is 1.20 bits per heavy atom. The Morgan fingerprint density at radius 3 is 2.68 bits per heavy atom. The highest BCUT2D eigenvalue weighted by atomic mass is 16.2. The van der Waals surface area contributed by atoms with Gasteiger partial charge in [-0.3, -0.25) is 4.79 Å². The highest BCUT2D eigenvalue weighted by Crippen LogP contribution is 2.27. The maximum absolute atomic E-state index is 12.9. The molecule has 138 valence electrons. The molecule has 1 aromatic rings. The molecule has 0 radical (unpaired) electrons. The summed E-state index contributed by atoms with van der Waals surface area (Å²) in [6.45, 7) is 3.67. The van der Waals surface area contributed by atoms with Gasteiger partial charge in [0.05, 0.1) is 0 Å². The number of anilines is 1. The van der Waals surface area contributed by atoms with Crippen LogP contribution < -0.4 is 4.90 Å². The van der Waals surface area contributed by atoms with Crippen molar-refractivity contribution in [2.24, 2.45) is 11.8 Å². The predicted octanol–water partition coefficient (Wildman–Crippen LogP) is 1.67. The molecule has 1 saturated heterocycles. The molecule has 0 unspecified atom stereocenters. The van der Waals surface area contributed by atoms with Crippen LogP contribution in [-0.4, -0.2) is 73.0 Å². The van der Waals surface area contributed by atoms with E-state index >= 15 is 0 Å². The first kappa shape index (κ1) is 18.1. The maximum Gasteiger partial charge on any atom is 0.225 e. The van der Waals surface area contributed by atoms with E-state index in [4.69, 9.17) is 0 Å². The fraction of sp³-hybridized carbons (Fsp3) is 0.737. The molecule has 0 spiro atoms. The summed E-state index contributed by atoms with van der Waals surface area (Å²) in [7, 11) is 6.14. The number of amides is 1. The van der Waals surface area contributed by atoms with Crippen LogP contribution >= 0.6 is 0 Å². The molecular weight excluding hydrogens is 314 g/mol. The zero-order valence-electron chi connectivity index (χ0n) is 15.8. The smallest absolute Gasteiger partial charge is 0.225 e. The predicted molar refractivity (Wildman–Crippen MR) is 99.6 cm³/mol. The molecule has 1 amide bonds. The Bertz CT molecular complexity index is 585. The highest BCUT2D eigenvalue weighted by molar-refractivity contribution is 5.79. The lowest BCUT2D eigenvalue weighted by Crippen LogP contribution is -2.39. The van der Waals surface area contributed by atoms with Gasteiger partial charge in [-0.05, 0) is 32.2 Å². The molecule has 6 nitrogen and oxygen atoms in total. The fourth-order valence-electron chi connectivity index (χ4n) is 4.08. The molecule has 1 aliphatic heterocycles. The van der Waals surface area contributed by atoms with Crippen LogP contribution in [0.4, 0.5) is 5.82 Å². The van der Waals surface area contributed by atoms with Gasteiger partial charge < -0.3 is 14.7 Å². The van der Waals surface area contributed by atoms with Gasteiger partial charge in [-0.2, -0.15) is 0 Å². The van der Waals surface area contributed by atoms with Gasteiger partial charge in [0.15, 0.2) is 0 Å². The summed E-state index contributed by atoms with van der Waals surface area (Å²) < 4.78 is 0. The van der Waals surface area contributed by atoms with Crippen LogP contribution in [0.1, 0.15) is 31.4 Å². The monoisotopic (exact) mass is 345 g/mol. The third-order valence-corrected chi connectivity index (χ3v) is 5.48. The zero-order valence-corrected chi connectivity index (χ0v) is 15.8. The van der Waals surface area contributed by atoms with Crippen LogP contribution in [0, 0.1) is 11.8 Å². The Kier molecular flexibility index (Phi) is 5.89. The Hall–Kier alpha value is -1.69. The molecule has 2 aliphatic rings. The molecule has 6 heteroatoms. The Morgan fingerprint density at radius 2 is 1.96 bits per heavy atom. The molecule has 3 rings (SSSR count). The van der Waals surface area contributed by atoms with Crippen molar-refractivity contribution in [3.05, 3.63) is 18.1 Å². The topological polar surface area (TPSA) is 52.6 Å². The summed E-state index contributed by atoms with van der Waals surface area (Å²) in [5.41, 5.74) is 1.06. The van der Waals surface area contributed by atoms with Crippen LogP contribution in [0.5, 0.6) is 0 Å². The van der Waals surface area contributed by atoms with Crippen LogP contribution in [0.3, 0.4) is 0 Å². The summed E-state index contributed by atoms with van der Waals surface area (Å²) >= 11 is 0. The van der Waals surface area contributed by atoms with Gasteiger partial charge in [0.2, 0.25) is 5.91 Å². The van der Waals surface area contributed by atoms with Gasteiger partial charge in [0.1, 0.15) is 12.1 Å². The summed E-state index contributed by atoms with van der Waals surface area (Å²) in [6, 6.07) is 2.06. The molecule has 1 aromatic heterocycles. The quantitative estimate of drug-likeness (QED) is 0.831. The number of hydrogen-bond donors (Lipinski definition) is 0. The van der Waals surface area contributed by atoms with Gasteiger partial charge in [0, 0.05) is 58.0 Å². The van der Waals surface area contributed by atoms with Gasteiger partial charge in [0.25, 0.3) is 0 Å². The SMILES string of the molecule is CN1CCN(C(=O)C2CCCC2)C[C@H](Cc2cc(N(C)C)ncn2)C1. The second-order valence-electron chi connectivity index (χ2n) is 7.86. The molecule has 1 saturated carbocycles. The summed E-state index contributed by atoms with van der Waals surface area (Å²) in [5.74, 6) is 2.01. The van der Waals surface area contributed by atoms with E-state index in [0.717, 1.165) is 57.0 Å². The van der Waals surface area contributed by atoms with E-state index in [0.29, 0.717) is 11.8 Å². The summed E-state index contributed by atoms with van der Waals surface area (Å²) in [4.78, 5) is 28.1. The Balaban J connectivity index is 1.68. The van der Waals surface area contributed by atoms with Gasteiger partial charge >= 0.3 is 0 Å². The lowest BCUT2D eigenvalue weighted by Gasteiger charge is -2.26. The van der Waals surface area contributed by atoms with Crippen LogP contribution in [0.2, 0.25) is 0 Å². The maximum atomic E-state index is 12.9. The number of nitrogens with zero attached hydrogens (tertiary/aromatic N) is 5. The first-order chi connectivity index (χ1) is 12.0. The van der Waals surface area contributed by atoms with Crippen molar-refractivity contribution in [1.82, 2.24) is 19.8 Å². The number of carbonyl (C=O) groups excluding carboxylic acids is 1. The molecule has 25 heavy (non-hydrogen) atoms. The number of aromatic nitrogens is 2. The van der Waals surface area contributed by atoms with Crippen molar-refractivity contribution < 1.29 is 4.79 Å². The van der Waals surface area contributed by atoms with E-state index in [2.05, 4.69) is 32.9 Å². The average Bonchev–Trinajstić information content (AvgIpc) is 3.06. The minimum atomic E-state index is 0.267. The number of carbonyl (C=O) groups is 1. The molecule has 0 aromatic carbocycles.